The smallest absolute Gasteiger partial charge is 0.130 e. The van der Waals surface area contributed by atoms with Gasteiger partial charge in [0.15, 0.2) is 0 Å². The first-order valence-corrected chi connectivity index (χ1v) is 13.2. The number of benzene rings is 1. The molecule has 0 spiro atoms. The molecule has 3 heteroatoms. The van der Waals surface area contributed by atoms with Gasteiger partial charge in [0.05, 0.1) is 16.1 Å². The summed E-state index contributed by atoms with van der Waals surface area (Å²) >= 11 is 0. The Morgan fingerprint density at radius 3 is 2.06 bits per heavy atom. The normalized spacial score (nSPS) is 13.4. The van der Waals surface area contributed by atoms with E-state index in [9.17, 15) is 4.39 Å². The molecule has 0 radical (unpaired) electrons. The van der Waals surface area contributed by atoms with Crippen LogP contribution in [0.15, 0.2) is 23.9 Å². The third kappa shape index (κ3) is 4.24. The van der Waals surface area contributed by atoms with E-state index in [4.69, 9.17) is 0 Å². The SMILES string of the molecule is C[Si](C)(C)C=Cc1c(F)cccc1[Si](C)(C)C. The second kappa shape index (κ2) is 4.90. The van der Waals surface area contributed by atoms with Crippen molar-refractivity contribution in [1.29, 1.82) is 0 Å². The van der Waals surface area contributed by atoms with Gasteiger partial charge in [0, 0.05) is 5.56 Å². The van der Waals surface area contributed by atoms with Crippen LogP contribution in [0, 0.1) is 5.82 Å². The molecule has 0 nitrogen and oxygen atoms in total. The van der Waals surface area contributed by atoms with Gasteiger partial charge in [-0.3, -0.25) is 0 Å². The predicted molar refractivity (Wildman–Crippen MR) is 81.8 cm³/mol. The Kier molecular flexibility index (Phi) is 4.15. The predicted octanol–water partition coefficient (Wildman–Crippen LogP) is 4.26. The highest BCUT2D eigenvalue weighted by molar-refractivity contribution is 6.89. The zero-order valence-electron chi connectivity index (χ0n) is 11.8. The molecule has 0 unspecified atom stereocenters. The van der Waals surface area contributed by atoms with Gasteiger partial charge in [-0.25, -0.2) is 4.39 Å². The summed E-state index contributed by atoms with van der Waals surface area (Å²) in [5.74, 6) is -0.0839. The minimum Gasteiger partial charge on any atom is -0.206 e. The van der Waals surface area contributed by atoms with Crippen molar-refractivity contribution in [3.63, 3.8) is 0 Å². The molecule has 0 fully saturated rings. The van der Waals surface area contributed by atoms with Crippen molar-refractivity contribution in [1.82, 2.24) is 0 Å². The minimum atomic E-state index is -1.48. The van der Waals surface area contributed by atoms with Gasteiger partial charge in [0.25, 0.3) is 0 Å². The third-order valence-electron chi connectivity index (χ3n) is 2.61. The summed E-state index contributed by atoms with van der Waals surface area (Å²) in [6, 6.07) is 5.47. The van der Waals surface area contributed by atoms with Gasteiger partial charge in [-0.05, 0) is 6.07 Å². The Hall–Kier alpha value is -0.676. The average Bonchev–Trinajstić information content (AvgIpc) is 2.12. The van der Waals surface area contributed by atoms with Gasteiger partial charge in [0.1, 0.15) is 5.82 Å². The van der Waals surface area contributed by atoms with E-state index in [0.717, 1.165) is 5.56 Å². The quantitative estimate of drug-likeness (QED) is 0.717. The maximum absolute atomic E-state index is 13.9. The van der Waals surface area contributed by atoms with Gasteiger partial charge in [-0.1, -0.05) is 68.4 Å². The summed E-state index contributed by atoms with van der Waals surface area (Å²) in [5.41, 5.74) is 3.03. The first-order chi connectivity index (χ1) is 7.61. The van der Waals surface area contributed by atoms with Crippen LogP contribution in [0.25, 0.3) is 6.08 Å². The second-order valence-electron chi connectivity index (χ2n) is 6.65. The standard InChI is InChI=1S/C14H23FSi2/c1-16(2,3)11-10-12-13(15)8-7-9-14(12)17(4,5)6/h7-11H,1-6H3. The lowest BCUT2D eigenvalue weighted by molar-refractivity contribution is 0.626. The van der Waals surface area contributed by atoms with Gasteiger partial charge < -0.3 is 0 Å². The average molecular weight is 267 g/mol. The van der Waals surface area contributed by atoms with Crippen molar-refractivity contribution >= 4 is 27.4 Å². The maximum atomic E-state index is 13.9. The molecule has 0 amide bonds. The number of halogens is 1. The summed E-state index contributed by atoms with van der Waals surface area (Å²) in [4.78, 5) is 0. The molecule has 0 aromatic heterocycles. The Bertz CT molecular complexity index is 423. The second-order valence-corrected chi connectivity index (χ2v) is 16.8. The van der Waals surface area contributed by atoms with Crippen molar-refractivity contribution in [2.45, 2.75) is 39.3 Å². The van der Waals surface area contributed by atoms with Gasteiger partial charge >= 0.3 is 0 Å². The van der Waals surface area contributed by atoms with Gasteiger partial charge in [0.2, 0.25) is 0 Å². The monoisotopic (exact) mass is 266 g/mol. The van der Waals surface area contributed by atoms with Crippen LogP contribution in [0.5, 0.6) is 0 Å². The lowest BCUT2D eigenvalue weighted by atomic mass is 10.2. The first-order valence-electron chi connectivity index (χ1n) is 6.09. The fourth-order valence-corrected chi connectivity index (χ4v) is 3.97. The van der Waals surface area contributed by atoms with Crippen LogP contribution >= 0.6 is 0 Å². The number of rotatable bonds is 3. The Morgan fingerprint density at radius 2 is 1.59 bits per heavy atom. The van der Waals surface area contributed by atoms with Crippen molar-refractivity contribution < 1.29 is 4.39 Å². The molecule has 0 bridgehead atoms. The molecule has 0 saturated carbocycles. The fraction of sp³-hybridized carbons (Fsp3) is 0.429. The molecular formula is C14H23FSi2. The van der Waals surface area contributed by atoms with Gasteiger partial charge in [-0.2, -0.15) is 0 Å². The van der Waals surface area contributed by atoms with Crippen molar-refractivity contribution in [3.05, 3.63) is 35.3 Å². The van der Waals surface area contributed by atoms with Crippen LogP contribution in [0.2, 0.25) is 39.3 Å². The summed E-state index contributed by atoms with van der Waals surface area (Å²) in [6.45, 7) is 13.6. The molecule has 0 saturated heterocycles. The zero-order chi connectivity index (χ0) is 13.3. The van der Waals surface area contributed by atoms with Crippen LogP contribution in [-0.2, 0) is 0 Å². The van der Waals surface area contributed by atoms with E-state index in [1.165, 1.54) is 5.19 Å². The molecule has 1 rings (SSSR count). The molecule has 0 aliphatic heterocycles. The molecule has 94 valence electrons. The van der Waals surface area contributed by atoms with Crippen LogP contribution in [-0.4, -0.2) is 16.1 Å². The summed E-state index contributed by atoms with van der Waals surface area (Å²) in [5, 5.41) is 1.21. The van der Waals surface area contributed by atoms with Crippen molar-refractivity contribution in [2.75, 3.05) is 0 Å². The fourth-order valence-electron chi connectivity index (χ4n) is 1.69. The number of hydrogen-bond donors (Lipinski definition) is 0. The molecular weight excluding hydrogens is 243 g/mol. The third-order valence-corrected chi connectivity index (χ3v) is 5.83. The van der Waals surface area contributed by atoms with Crippen LogP contribution < -0.4 is 5.19 Å². The Morgan fingerprint density at radius 1 is 1.00 bits per heavy atom. The molecule has 0 aliphatic carbocycles. The molecule has 17 heavy (non-hydrogen) atoms. The first kappa shape index (κ1) is 14.4. The van der Waals surface area contributed by atoms with Crippen LogP contribution in [0.1, 0.15) is 5.56 Å². The molecule has 0 N–H and O–H groups in total. The van der Waals surface area contributed by atoms with E-state index in [-0.39, 0.29) is 5.82 Å². The summed E-state index contributed by atoms with van der Waals surface area (Å²) < 4.78 is 13.9. The number of hydrogen-bond acceptors (Lipinski definition) is 0. The van der Waals surface area contributed by atoms with E-state index in [1.54, 1.807) is 6.07 Å². The Balaban J connectivity index is 3.27. The van der Waals surface area contributed by atoms with E-state index < -0.39 is 16.1 Å². The Labute approximate surface area is 107 Å². The van der Waals surface area contributed by atoms with Crippen LogP contribution in [0.4, 0.5) is 4.39 Å². The van der Waals surface area contributed by atoms with E-state index in [1.807, 2.05) is 12.1 Å². The summed E-state index contributed by atoms with van der Waals surface area (Å²) in [7, 11) is -2.76. The van der Waals surface area contributed by atoms with E-state index in [0.29, 0.717) is 0 Å². The molecule has 0 heterocycles. The lowest BCUT2D eigenvalue weighted by Gasteiger charge is -2.20. The zero-order valence-corrected chi connectivity index (χ0v) is 13.8. The van der Waals surface area contributed by atoms with Crippen molar-refractivity contribution in [3.8, 4) is 0 Å². The molecule has 1 aromatic carbocycles. The van der Waals surface area contributed by atoms with Crippen molar-refractivity contribution in [2.24, 2.45) is 0 Å². The van der Waals surface area contributed by atoms with Crippen LogP contribution in [0.3, 0.4) is 0 Å². The summed E-state index contributed by atoms with van der Waals surface area (Å²) in [6.07, 6.45) is 2.01. The maximum Gasteiger partial charge on any atom is 0.130 e. The van der Waals surface area contributed by atoms with E-state index >= 15 is 0 Å². The molecule has 0 aliphatic rings. The molecule has 1 aromatic rings. The lowest BCUT2D eigenvalue weighted by Crippen LogP contribution is -2.40. The highest BCUT2D eigenvalue weighted by Crippen LogP contribution is 2.14. The highest BCUT2D eigenvalue weighted by Gasteiger charge is 2.21. The van der Waals surface area contributed by atoms with Gasteiger partial charge in [-0.15, -0.1) is 0 Å². The van der Waals surface area contributed by atoms with E-state index in [2.05, 4.69) is 51.0 Å². The largest absolute Gasteiger partial charge is 0.206 e. The highest BCUT2D eigenvalue weighted by atomic mass is 28.3. The molecule has 0 atom stereocenters. The minimum absolute atomic E-state index is 0.0839. The topological polar surface area (TPSA) is 0 Å².